The van der Waals surface area contributed by atoms with Crippen LogP contribution >= 0.6 is 0 Å². The molecule has 2 aliphatic carbocycles. The molecule has 0 aliphatic heterocycles. The molecule has 0 unspecified atom stereocenters. The van der Waals surface area contributed by atoms with Crippen LogP contribution in [0, 0.1) is 22.7 Å². The molecule has 0 aromatic heterocycles. The van der Waals surface area contributed by atoms with Crippen LogP contribution < -0.4 is 0 Å². The third-order valence-electron chi connectivity index (χ3n) is 5.26. The second-order valence-corrected chi connectivity index (χ2v) is 7.25. The van der Waals surface area contributed by atoms with Crippen LogP contribution in [0.25, 0.3) is 0 Å². The first-order valence-corrected chi connectivity index (χ1v) is 7.32. The fourth-order valence-electron chi connectivity index (χ4n) is 4.62. The summed E-state index contributed by atoms with van der Waals surface area (Å²) in [5.74, 6) is -0.684. The zero-order valence-corrected chi connectivity index (χ0v) is 12.8. The molecule has 2 rings (SSSR count). The molecule has 0 spiro atoms. The maximum absolute atomic E-state index is 12.5. The number of carbonyl (C=O) groups excluding carboxylic acids is 1. The molecule has 0 amide bonds. The van der Waals surface area contributed by atoms with E-state index in [0.29, 0.717) is 0 Å². The van der Waals surface area contributed by atoms with E-state index in [-0.39, 0.29) is 28.4 Å². The van der Waals surface area contributed by atoms with Gasteiger partial charge in [0.1, 0.15) is 0 Å². The van der Waals surface area contributed by atoms with Gasteiger partial charge in [-0.1, -0.05) is 38.8 Å². The van der Waals surface area contributed by atoms with Gasteiger partial charge in [0.05, 0.1) is 0 Å². The molecule has 0 radical (unpaired) electrons. The highest BCUT2D eigenvalue weighted by molar-refractivity contribution is 5.95. The standard InChI is InChI=1S/C17H24O3/c1-11-10-13(18)15-16(2,3)8-5-9-17(15,4)12(11)6-7-14(19)20/h6-7,10,12,15H,5,8-9H2,1-4H3,(H,19,20)/b7-6+/t12-,15-,17+/m1/s1. The lowest BCUT2D eigenvalue weighted by Gasteiger charge is -2.55. The number of carboxylic acid groups (broad SMARTS) is 1. The van der Waals surface area contributed by atoms with Crippen LogP contribution in [-0.4, -0.2) is 16.9 Å². The number of rotatable bonds is 2. The van der Waals surface area contributed by atoms with Crippen LogP contribution in [0.15, 0.2) is 23.8 Å². The number of allylic oxidation sites excluding steroid dienone is 3. The quantitative estimate of drug-likeness (QED) is 0.784. The molecular weight excluding hydrogens is 252 g/mol. The van der Waals surface area contributed by atoms with Crippen molar-refractivity contribution in [1.29, 1.82) is 0 Å². The van der Waals surface area contributed by atoms with Gasteiger partial charge < -0.3 is 5.11 Å². The monoisotopic (exact) mass is 276 g/mol. The molecule has 3 heteroatoms. The van der Waals surface area contributed by atoms with Crippen molar-refractivity contribution in [2.45, 2.75) is 47.0 Å². The van der Waals surface area contributed by atoms with E-state index < -0.39 is 5.97 Å². The third kappa shape index (κ3) is 2.34. The molecular formula is C17H24O3. The van der Waals surface area contributed by atoms with Gasteiger partial charge in [0.2, 0.25) is 0 Å². The van der Waals surface area contributed by atoms with Gasteiger partial charge in [-0.05, 0) is 36.7 Å². The second kappa shape index (κ2) is 4.87. The Labute approximate surface area is 120 Å². The maximum Gasteiger partial charge on any atom is 0.327 e. The van der Waals surface area contributed by atoms with Crippen molar-refractivity contribution < 1.29 is 14.7 Å². The Kier molecular flexibility index (Phi) is 3.66. The average molecular weight is 276 g/mol. The third-order valence-corrected chi connectivity index (χ3v) is 5.26. The van der Waals surface area contributed by atoms with Gasteiger partial charge in [0, 0.05) is 17.9 Å². The number of carbonyl (C=O) groups is 2. The van der Waals surface area contributed by atoms with Crippen LogP contribution in [0.4, 0.5) is 0 Å². The van der Waals surface area contributed by atoms with Gasteiger partial charge in [0.15, 0.2) is 5.78 Å². The minimum absolute atomic E-state index is 0.0173. The number of aliphatic carboxylic acids is 1. The van der Waals surface area contributed by atoms with Crippen LogP contribution in [0.5, 0.6) is 0 Å². The van der Waals surface area contributed by atoms with Gasteiger partial charge in [-0.15, -0.1) is 0 Å². The summed E-state index contributed by atoms with van der Waals surface area (Å²) in [4.78, 5) is 23.4. The zero-order valence-electron chi connectivity index (χ0n) is 12.8. The Hall–Kier alpha value is -1.38. The summed E-state index contributed by atoms with van der Waals surface area (Å²) in [5, 5.41) is 8.89. The molecule has 1 N–H and O–H groups in total. The van der Waals surface area contributed by atoms with E-state index in [0.717, 1.165) is 24.8 Å². The summed E-state index contributed by atoms with van der Waals surface area (Å²) in [6, 6.07) is 0. The summed E-state index contributed by atoms with van der Waals surface area (Å²) < 4.78 is 0. The molecule has 0 bridgehead atoms. The van der Waals surface area contributed by atoms with E-state index in [1.807, 2.05) is 6.92 Å². The number of carboxylic acids is 1. The topological polar surface area (TPSA) is 54.4 Å². The fourth-order valence-corrected chi connectivity index (χ4v) is 4.62. The predicted molar refractivity (Wildman–Crippen MR) is 78.3 cm³/mol. The second-order valence-electron chi connectivity index (χ2n) is 7.25. The van der Waals surface area contributed by atoms with Crippen LogP contribution in [-0.2, 0) is 9.59 Å². The molecule has 0 aromatic carbocycles. The Morgan fingerprint density at radius 1 is 1.35 bits per heavy atom. The predicted octanol–water partition coefficient (Wildman–Crippen LogP) is 3.61. The van der Waals surface area contributed by atoms with E-state index in [4.69, 9.17) is 5.11 Å². The van der Waals surface area contributed by atoms with Crippen molar-refractivity contribution in [2.24, 2.45) is 22.7 Å². The molecule has 20 heavy (non-hydrogen) atoms. The molecule has 3 nitrogen and oxygen atoms in total. The lowest BCUT2D eigenvalue weighted by molar-refractivity contribution is -0.134. The highest BCUT2D eigenvalue weighted by Gasteiger charge is 2.54. The first kappa shape index (κ1) is 15.0. The van der Waals surface area contributed by atoms with E-state index in [2.05, 4.69) is 20.8 Å². The van der Waals surface area contributed by atoms with Crippen molar-refractivity contribution in [3.8, 4) is 0 Å². The molecule has 0 heterocycles. The lowest BCUT2D eigenvalue weighted by atomic mass is 9.48. The Balaban J connectivity index is 2.50. The number of fused-ring (bicyclic) bond motifs is 1. The van der Waals surface area contributed by atoms with Crippen molar-refractivity contribution in [3.05, 3.63) is 23.8 Å². The smallest absolute Gasteiger partial charge is 0.327 e. The van der Waals surface area contributed by atoms with Gasteiger partial charge in [-0.3, -0.25) is 4.79 Å². The number of ketones is 1. The summed E-state index contributed by atoms with van der Waals surface area (Å²) in [7, 11) is 0. The first-order chi connectivity index (χ1) is 9.18. The normalized spacial score (nSPS) is 36.6. The summed E-state index contributed by atoms with van der Waals surface area (Å²) in [6.07, 6.45) is 7.86. The lowest BCUT2D eigenvalue weighted by Crippen LogP contribution is -2.52. The van der Waals surface area contributed by atoms with Crippen molar-refractivity contribution in [3.63, 3.8) is 0 Å². The van der Waals surface area contributed by atoms with Gasteiger partial charge >= 0.3 is 5.97 Å². The maximum atomic E-state index is 12.5. The molecule has 0 saturated heterocycles. The zero-order chi connectivity index (χ0) is 15.1. The van der Waals surface area contributed by atoms with Crippen LogP contribution in [0.2, 0.25) is 0 Å². The molecule has 2 aliphatic rings. The summed E-state index contributed by atoms with van der Waals surface area (Å²) in [6.45, 7) is 8.43. The van der Waals surface area contributed by atoms with Crippen molar-refractivity contribution in [2.75, 3.05) is 0 Å². The Morgan fingerprint density at radius 2 is 2.00 bits per heavy atom. The van der Waals surface area contributed by atoms with Gasteiger partial charge in [-0.2, -0.15) is 0 Å². The molecule has 110 valence electrons. The molecule has 0 aromatic rings. The van der Waals surface area contributed by atoms with E-state index in [1.54, 1.807) is 12.2 Å². The van der Waals surface area contributed by atoms with Crippen LogP contribution in [0.3, 0.4) is 0 Å². The van der Waals surface area contributed by atoms with Crippen molar-refractivity contribution >= 4 is 11.8 Å². The average Bonchev–Trinajstić information content (AvgIpc) is 2.25. The number of hydrogen-bond donors (Lipinski definition) is 1. The minimum atomic E-state index is -0.926. The molecule has 1 fully saturated rings. The largest absolute Gasteiger partial charge is 0.478 e. The van der Waals surface area contributed by atoms with Gasteiger partial charge in [-0.25, -0.2) is 4.79 Å². The summed E-state index contributed by atoms with van der Waals surface area (Å²) in [5.41, 5.74) is 0.809. The molecule has 1 saturated carbocycles. The fraction of sp³-hybridized carbons (Fsp3) is 0.647. The van der Waals surface area contributed by atoms with E-state index >= 15 is 0 Å². The van der Waals surface area contributed by atoms with Crippen molar-refractivity contribution in [1.82, 2.24) is 0 Å². The van der Waals surface area contributed by atoms with E-state index in [9.17, 15) is 9.59 Å². The summed E-state index contributed by atoms with van der Waals surface area (Å²) >= 11 is 0. The van der Waals surface area contributed by atoms with Gasteiger partial charge in [0.25, 0.3) is 0 Å². The van der Waals surface area contributed by atoms with Crippen LogP contribution in [0.1, 0.15) is 47.0 Å². The highest BCUT2D eigenvalue weighted by Crippen LogP contribution is 2.58. The first-order valence-electron chi connectivity index (χ1n) is 7.32. The SMILES string of the molecule is CC1=CC(=O)[C@@H]2C(C)(C)CCC[C@@]2(C)[C@@H]1/C=C/C(=O)O. The molecule has 3 atom stereocenters. The minimum Gasteiger partial charge on any atom is -0.478 e. The van der Waals surface area contributed by atoms with E-state index in [1.165, 1.54) is 6.08 Å². The number of hydrogen-bond acceptors (Lipinski definition) is 2. The highest BCUT2D eigenvalue weighted by atomic mass is 16.4. The Bertz CT molecular complexity index is 498. The Morgan fingerprint density at radius 3 is 2.60 bits per heavy atom.